The van der Waals surface area contributed by atoms with Crippen LogP contribution in [0.1, 0.15) is 51.0 Å². The summed E-state index contributed by atoms with van der Waals surface area (Å²) in [5.74, 6) is 1.35. The van der Waals surface area contributed by atoms with Gasteiger partial charge in [0, 0.05) is 12.6 Å². The lowest BCUT2D eigenvalue weighted by molar-refractivity contribution is 0.310. The summed E-state index contributed by atoms with van der Waals surface area (Å²) in [6, 6.07) is 4.62. The van der Waals surface area contributed by atoms with Crippen LogP contribution in [0.15, 0.2) is 12.1 Å². The van der Waals surface area contributed by atoms with Gasteiger partial charge in [0.05, 0.1) is 18.7 Å². The number of halogens is 1. The van der Waals surface area contributed by atoms with E-state index in [-0.39, 0.29) is 0 Å². The molecule has 1 aliphatic carbocycles. The molecular weight excluding hydrogens is 286 g/mol. The molecule has 0 aliphatic heterocycles. The van der Waals surface area contributed by atoms with Crippen molar-refractivity contribution >= 4 is 11.6 Å². The van der Waals surface area contributed by atoms with Gasteiger partial charge in [-0.2, -0.15) is 0 Å². The lowest BCUT2D eigenvalue weighted by Gasteiger charge is -2.18. The molecule has 0 bridgehead atoms. The molecule has 1 aromatic carbocycles. The highest BCUT2D eigenvalue weighted by Crippen LogP contribution is 2.36. The predicted molar refractivity (Wildman–Crippen MR) is 87.5 cm³/mol. The molecule has 1 saturated carbocycles. The van der Waals surface area contributed by atoms with Gasteiger partial charge in [-0.3, -0.25) is 0 Å². The monoisotopic (exact) mass is 311 g/mol. The van der Waals surface area contributed by atoms with E-state index in [9.17, 15) is 0 Å². The minimum atomic E-state index is 0.603. The van der Waals surface area contributed by atoms with Crippen LogP contribution in [0.5, 0.6) is 11.5 Å². The fourth-order valence-corrected chi connectivity index (χ4v) is 3.24. The Morgan fingerprint density at radius 3 is 2.52 bits per heavy atom. The van der Waals surface area contributed by atoms with Gasteiger partial charge in [0.15, 0.2) is 11.5 Å². The summed E-state index contributed by atoms with van der Waals surface area (Å²) in [4.78, 5) is 0. The first-order valence-corrected chi connectivity index (χ1v) is 8.35. The van der Waals surface area contributed by atoms with Gasteiger partial charge in [0.2, 0.25) is 0 Å². The molecule has 1 N–H and O–H groups in total. The summed E-state index contributed by atoms with van der Waals surface area (Å²) in [5, 5.41) is 4.27. The molecule has 0 aromatic heterocycles. The Kier molecular flexibility index (Phi) is 6.65. The van der Waals surface area contributed by atoms with E-state index in [1.54, 1.807) is 7.11 Å². The van der Waals surface area contributed by atoms with Crippen molar-refractivity contribution in [1.29, 1.82) is 0 Å². The van der Waals surface area contributed by atoms with Gasteiger partial charge >= 0.3 is 0 Å². The van der Waals surface area contributed by atoms with Crippen molar-refractivity contribution in [3.8, 4) is 11.5 Å². The van der Waals surface area contributed by atoms with Crippen LogP contribution in [-0.4, -0.2) is 19.8 Å². The number of methoxy groups -OCH3 is 1. The van der Waals surface area contributed by atoms with Gasteiger partial charge in [-0.1, -0.05) is 37.3 Å². The lowest BCUT2D eigenvalue weighted by atomic mass is 10.1. The Bertz CT molecular complexity index is 443. The average molecular weight is 312 g/mol. The summed E-state index contributed by atoms with van der Waals surface area (Å²) in [7, 11) is 1.62. The second-order valence-electron chi connectivity index (χ2n) is 5.61. The molecule has 2 rings (SSSR count). The maximum atomic E-state index is 6.29. The van der Waals surface area contributed by atoms with E-state index >= 15 is 0 Å². The molecule has 0 spiro atoms. The second-order valence-corrected chi connectivity index (χ2v) is 6.02. The van der Waals surface area contributed by atoms with E-state index in [4.69, 9.17) is 21.1 Å². The van der Waals surface area contributed by atoms with Crippen molar-refractivity contribution in [3.63, 3.8) is 0 Å². The molecule has 0 heterocycles. The summed E-state index contributed by atoms with van der Waals surface area (Å²) >= 11 is 6.29. The van der Waals surface area contributed by atoms with E-state index in [1.165, 1.54) is 38.5 Å². The molecule has 0 radical (unpaired) electrons. The first-order chi connectivity index (χ1) is 10.2. The fraction of sp³-hybridized carbons (Fsp3) is 0.647. The SMILES string of the molecule is CCOc1cc(CNC2CCCCCC2)cc(Cl)c1OC. The molecule has 0 unspecified atom stereocenters. The Hall–Kier alpha value is -0.930. The third kappa shape index (κ3) is 4.79. The largest absolute Gasteiger partial charge is 0.491 e. The second kappa shape index (κ2) is 8.50. The highest BCUT2D eigenvalue weighted by atomic mass is 35.5. The molecule has 1 aromatic rings. The van der Waals surface area contributed by atoms with Crippen LogP contribution in [0.2, 0.25) is 5.02 Å². The predicted octanol–water partition coefficient (Wildman–Crippen LogP) is 4.56. The Morgan fingerprint density at radius 2 is 1.90 bits per heavy atom. The number of hydrogen-bond acceptors (Lipinski definition) is 3. The zero-order valence-electron chi connectivity index (χ0n) is 13.1. The number of hydrogen-bond donors (Lipinski definition) is 1. The van der Waals surface area contributed by atoms with Crippen molar-refractivity contribution < 1.29 is 9.47 Å². The van der Waals surface area contributed by atoms with Gasteiger partial charge < -0.3 is 14.8 Å². The molecule has 1 fully saturated rings. The molecule has 0 atom stereocenters. The van der Waals surface area contributed by atoms with E-state index in [1.807, 2.05) is 19.1 Å². The van der Waals surface area contributed by atoms with Crippen LogP contribution in [0.3, 0.4) is 0 Å². The minimum absolute atomic E-state index is 0.603. The normalized spacial score (nSPS) is 16.5. The quantitative estimate of drug-likeness (QED) is 0.781. The maximum Gasteiger partial charge on any atom is 0.179 e. The van der Waals surface area contributed by atoms with Gasteiger partial charge in [0.25, 0.3) is 0 Å². The molecule has 1 aliphatic rings. The summed E-state index contributed by atoms with van der Waals surface area (Å²) in [6.07, 6.45) is 7.99. The third-order valence-electron chi connectivity index (χ3n) is 4.02. The van der Waals surface area contributed by atoms with Crippen LogP contribution in [-0.2, 0) is 6.54 Å². The molecule has 118 valence electrons. The minimum Gasteiger partial charge on any atom is -0.491 e. The van der Waals surface area contributed by atoms with Crippen molar-refractivity contribution in [1.82, 2.24) is 5.32 Å². The number of ether oxygens (including phenoxy) is 2. The molecule has 4 heteroatoms. The first-order valence-electron chi connectivity index (χ1n) is 7.97. The zero-order chi connectivity index (χ0) is 15.1. The average Bonchev–Trinajstić information content (AvgIpc) is 2.74. The Labute approximate surface area is 133 Å². The first kappa shape index (κ1) is 16.4. The molecule has 21 heavy (non-hydrogen) atoms. The number of nitrogens with one attached hydrogen (secondary N) is 1. The zero-order valence-corrected chi connectivity index (χ0v) is 13.8. The standard InChI is InChI=1S/C17H26ClNO2/c1-3-21-16-11-13(10-15(18)17(16)20-2)12-19-14-8-6-4-5-7-9-14/h10-11,14,19H,3-9,12H2,1-2H3. The van der Waals surface area contributed by atoms with E-state index in [0.29, 0.717) is 23.4 Å². The Morgan fingerprint density at radius 1 is 1.19 bits per heavy atom. The van der Waals surface area contributed by atoms with Crippen LogP contribution >= 0.6 is 11.6 Å². The lowest BCUT2D eigenvalue weighted by Crippen LogP contribution is -2.27. The van der Waals surface area contributed by atoms with Crippen LogP contribution < -0.4 is 14.8 Å². The van der Waals surface area contributed by atoms with Crippen LogP contribution in [0, 0.1) is 0 Å². The molecule has 0 saturated heterocycles. The van der Waals surface area contributed by atoms with Gasteiger partial charge in [-0.15, -0.1) is 0 Å². The number of benzene rings is 1. The molecule has 0 amide bonds. The van der Waals surface area contributed by atoms with Gasteiger partial charge in [0.1, 0.15) is 0 Å². The van der Waals surface area contributed by atoms with Gasteiger partial charge in [-0.05, 0) is 37.5 Å². The molecular formula is C17H26ClNO2. The maximum absolute atomic E-state index is 6.29. The third-order valence-corrected chi connectivity index (χ3v) is 4.30. The van der Waals surface area contributed by atoms with E-state index in [2.05, 4.69) is 5.32 Å². The van der Waals surface area contributed by atoms with Crippen LogP contribution in [0.25, 0.3) is 0 Å². The Balaban J connectivity index is 2.02. The number of rotatable bonds is 6. The van der Waals surface area contributed by atoms with E-state index < -0.39 is 0 Å². The van der Waals surface area contributed by atoms with Crippen LogP contribution in [0.4, 0.5) is 0 Å². The van der Waals surface area contributed by atoms with Crippen molar-refractivity contribution in [2.24, 2.45) is 0 Å². The summed E-state index contributed by atoms with van der Waals surface area (Å²) < 4.78 is 10.9. The van der Waals surface area contributed by atoms with Gasteiger partial charge in [-0.25, -0.2) is 0 Å². The summed E-state index contributed by atoms with van der Waals surface area (Å²) in [6.45, 7) is 3.39. The fourth-order valence-electron chi connectivity index (χ4n) is 2.93. The smallest absolute Gasteiger partial charge is 0.179 e. The highest BCUT2D eigenvalue weighted by molar-refractivity contribution is 6.32. The van der Waals surface area contributed by atoms with Crippen molar-refractivity contribution in [3.05, 3.63) is 22.7 Å². The van der Waals surface area contributed by atoms with Crippen molar-refractivity contribution in [2.45, 2.75) is 58.0 Å². The van der Waals surface area contributed by atoms with Crippen molar-refractivity contribution in [2.75, 3.05) is 13.7 Å². The molecule has 3 nitrogen and oxygen atoms in total. The highest BCUT2D eigenvalue weighted by Gasteiger charge is 2.14. The summed E-state index contributed by atoms with van der Waals surface area (Å²) in [5.41, 5.74) is 1.15. The van der Waals surface area contributed by atoms with E-state index in [0.717, 1.165) is 17.9 Å². The topological polar surface area (TPSA) is 30.5 Å².